The van der Waals surface area contributed by atoms with Gasteiger partial charge in [0.25, 0.3) is 0 Å². The van der Waals surface area contributed by atoms with Crippen molar-refractivity contribution in [1.82, 2.24) is 10.6 Å². The molecule has 2 N–H and O–H groups in total. The molecule has 136 valence electrons. The van der Waals surface area contributed by atoms with Crippen molar-refractivity contribution in [3.63, 3.8) is 0 Å². The lowest BCUT2D eigenvalue weighted by atomic mass is 9.95. The van der Waals surface area contributed by atoms with Crippen LogP contribution >= 0.6 is 24.0 Å². The molecule has 0 saturated heterocycles. The van der Waals surface area contributed by atoms with Gasteiger partial charge >= 0.3 is 0 Å². The zero-order valence-corrected chi connectivity index (χ0v) is 16.6. The molecule has 0 amide bonds. The van der Waals surface area contributed by atoms with Crippen LogP contribution in [0.2, 0.25) is 0 Å². The van der Waals surface area contributed by atoms with Gasteiger partial charge in [-0.15, -0.1) is 24.0 Å². The fourth-order valence-electron chi connectivity index (χ4n) is 4.07. The van der Waals surface area contributed by atoms with Crippen LogP contribution in [-0.2, 0) is 13.0 Å². The highest BCUT2D eigenvalue weighted by Gasteiger charge is 2.39. The molecule has 2 aromatic heterocycles. The van der Waals surface area contributed by atoms with Crippen LogP contribution in [0.1, 0.15) is 37.2 Å². The molecule has 4 rings (SSSR count). The van der Waals surface area contributed by atoms with Crippen molar-refractivity contribution < 1.29 is 8.83 Å². The smallest absolute Gasteiger partial charge is 0.191 e. The highest BCUT2D eigenvalue weighted by molar-refractivity contribution is 14.0. The third-order valence-electron chi connectivity index (χ3n) is 5.28. The number of nitrogens with one attached hydrogen (secondary N) is 2. The second-order valence-corrected chi connectivity index (χ2v) is 6.93. The number of nitrogens with zero attached hydrogens (tertiary/aromatic N) is 1. The lowest BCUT2D eigenvalue weighted by molar-refractivity contribution is 0.386. The maximum absolute atomic E-state index is 5.39. The first-order valence-corrected chi connectivity index (χ1v) is 8.96. The molecule has 0 aromatic carbocycles. The van der Waals surface area contributed by atoms with Crippen LogP contribution in [0.25, 0.3) is 0 Å². The van der Waals surface area contributed by atoms with E-state index >= 15 is 0 Å². The molecule has 2 aliphatic carbocycles. The Balaban J connectivity index is 0.00000182. The van der Waals surface area contributed by atoms with E-state index in [1.54, 1.807) is 12.5 Å². The minimum Gasteiger partial charge on any atom is -0.469 e. The van der Waals surface area contributed by atoms with Gasteiger partial charge in [0.05, 0.1) is 12.5 Å². The van der Waals surface area contributed by atoms with Crippen LogP contribution in [0.15, 0.2) is 50.6 Å². The van der Waals surface area contributed by atoms with E-state index in [1.807, 2.05) is 24.3 Å². The summed E-state index contributed by atoms with van der Waals surface area (Å²) in [6.45, 7) is 1.36. The molecule has 2 fully saturated rings. The number of aliphatic imine (C=N–C) groups is 1. The number of rotatable bonds is 6. The molecule has 2 bridgehead atoms. The van der Waals surface area contributed by atoms with Crippen molar-refractivity contribution in [2.75, 3.05) is 6.54 Å². The van der Waals surface area contributed by atoms with Crippen molar-refractivity contribution in [3.05, 3.63) is 48.3 Å². The molecule has 2 aliphatic rings. The second kappa shape index (κ2) is 8.78. The molecule has 2 aromatic rings. The van der Waals surface area contributed by atoms with Gasteiger partial charge in [-0.25, -0.2) is 4.99 Å². The number of hydrogen-bond acceptors (Lipinski definition) is 3. The minimum absolute atomic E-state index is 0. The summed E-state index contributed by atoms with van der Waals surface area (Å²) in [5, 5.41) is 7.10. The fraction of sp³-hybridized carbons (Fsp3) is 0.526. The van der Waals surface area contributed by atoms with E-state index in [4.69, 9.17) is 13.8 Å². The van der Waals surface area contributed by atoms with Gasteiger partial charge in [0.2, 0.25) is 0 Å². The lowest BCUT2D eigenvalue weighted by Gasteiger charge is -2.25. The zero-order chi connectivity index (χ0) is 16.2. The minimum atomic E-state index is 0. The van der Waals surface area contributed by atoms with Crippen LogP contribution in [0, 0.1) is 11.8 Å². The van der Waals surface area contributed by atoms with Gasteiger partial charge in [0, 0.05) is 19.0 Å². The third-order valence-corrected chi connectivity index (χ3v) is 5.28. The summed E-state index contributed by atoms with van der Waals surface area (Å²) in [6.07, 6.45) is 9.70. The lowest BCUT2D eigenvalue weighted by Crippen LogP contribution is -2.46. The summed E-state index contributed by atoms with van der Waals surface area (Å²) < 4.78 is 10.8. The molecule has 0 spiro atoms. The number of fused-ring (bicyclic) bond motifs is 2. The molecule has 0 aliphatic heterocycles. The largest absolute Gasteiger partial charge is 0.469 e. The van der Waals surface area contributed by atoms with Gasteiger partial charge in [-0.1, -0.05) is 6.42 Å². The van der Waals surface area contributed by atoms with E-state index in [9.17, 15) is 0 Å². The molecule has 6 heteroatoms. The van der Waals surface area contributed by atoms with Crippen molar-refractivity contribution in [2.45, 2.75) is 44.7 Å². The Morgan fingerprint density at radius 1 is 1.08 bits per heavy atom. The number of furan rings is 2. The number of hydrogen-bond donors (Lipinski definition) is 2. The van der Waals surface area contributed by atoms with Crippen LogP contribution < -0.4 is 10.6 Å². The van der Waals surface area contributed by atoms with E-state index in [-0.39, 0.29) is 24.0 Å². The predicted molar refractivity (Wildman–Crippen MR) is 108 cm³/mol. The zero-order valence-electron chi connectivity index (χ0n) is 14.3. The van der Waals surface area contributed by atoms with Crippen molar-refractivity contribution in [1.29, 1.82) is 0 Å². The summed E-state index contributed by atoms with van der Waals surface area (Å²) in [6, 6.07) is 8.36. The van der Waals surface area contributed by atoms with E-state index in [1.165, 1.54) is 25.7 Å². The van der Waals surface area contributed by atoms with Gasteiger partial charge < -0.3 is 19.5 Å². The molecule has 25 heavy (non-hydrogen) atoms. The monoisotopic (exact) mass is 455 g/mol. The summed E-state index contributed by atoms with van der Waals surface area (Å²) in [5.41, 5.74) is 0. The van der Waals surface area contributed by atoms with Gasteiger partial charge in [-0.05, 0) is 55.4 Å². The van der Waals surface area contributed by atoms with Gasteiger partial charge in [0.15, 0.2) is 5.96 Å². The molecular weight excluding hydrogens is 429 g/mol. The van der Waals surface area contributed by atoms with Gasteiger partial charge in [-0.3, -0.25) is 0 Å². The molecule has 3 atom stereocenters. The molecule has 2 saturated carbocycles. The van der Waals surface area contributed by atoms with Gasteiger partial charge in [-0.2, -0.15) is 0 Å². The SMILES string of the molecule is I.c1coc(CCNC(=NCc2ccco2)NC2CC3CCC2C3)c1. The Bertz CT molecular complexity index is 654. The first-order valence-electron chi connectivity index (χ1n) is 8.96. The van der Waals surface area contributed by atoms with E-state index in [0.29, 0.717) is 12.6 Å². The Morgan fingerprint density at radius 3 is 2.52 bits per heavy atom. The predicted octanol–water partition coefficient (Wildman–Crippen LogP) is 3.96. The van der Waals surface area contributed by atoms with Crippen molar-refractivity contribution in [3.8, 4) is 0 Å². The summed E-state index contributed by atoms with van der Waals surface area (Å²) >= 11 is 0. The molecule has 2 heterocycles. The normalized spacial score (nSPS) is 25.0. The van der Waals surface area contributed by atoms with Crippen molar-refractivity contribution >= 4 is 29.9 Å². The second-order valence-electron chi connectivity index (χ2n) is 6.93. The quantitative estimate of drug-likeness (QED) is 0.394. The Hall–Kier alpha value is -1.44. The first-order chi connectivity index (χ1) is 11.9. The van der Waals surface area contributed by atoms with E-state index in [0.717, 1.165) is 42.3 Å². The first kappa shape index (κ1) is 18.4. The summed E-state index contributed by atoms with van der Waals surface area (Å²) in [4.78, 5) is 4.70. The standard InChI is InChI=1S/C19H25N3O2.HI/c1-3-16(23-9-1)7-8-20-19(21-13-17-4-2-10-24-17)22-18-12-14-5-6-15(18)11-14;/h1-4,9-10,14-15,18H,5-8,11-13H2,(H2,20,21,22);1H. The van der Waals surface area contributed by atoms with Crippen molar-refractivity contribution in [2.24, 2.45) is 16.8 Å². The summed E-state index contributed by atoms with van der Waals surface area (Å²) in [5.74, 6) is 4.50. The molecular formula is C19H26IN3O2. The Labute approximate surface area is 165 Å². The Kier molecular flexibility index (Phi) is 6.45. The summed E-state index contributed by atoms with van der Waals surface area (Å²) in [7, 11) is 0. The Morgan fingerprint density at radius 2 is 1.88 bits per heavy atom. The van der Waals surface area contributed by atoms with Crippen LogP contribution in [0.3, 0.4) is 0 Å². The number of guanidine groups is 1. The average molecular weight is 455 g/mol. The highest BCUT2D eigenvalue weighted by atomic mass is 127. The maximum atomic E-state index is 5.39. The fourth-order valence-corrected chi connectivity index (χ4v) is 4.07. The van der Waals surface area contributed by atoms with Gasteiger partial charge in [0.1, 0.15) is 18.1 Å². The molecule has 5 nitrogen and oxygen atoms in total. The molecule has 0 radical (unpaired) electrons. The van der Waals surface area contributed by atoms with Crippen LogP contribution in [-0.4, -0.2) is 18.5 Å². The van der Waals surface area contributed by atoms with Crippen LogP contribution in [0.5, 0.6) is 0 Å². The third kappa shape index (κ3) is 4.80. The highest BCUT2D eigenvalue weighted by Crippen LogP contribution is 2.44. The van der Waals surface area contributed by atoms with E-state index < -0.39 is 0 Å². The molecule has 3 unspecified atom stereocenters. The topological polar surface area (TPSA) is 62.7 Å². The van der Waals surface area contributed by atoms with Crippen LogP contribution in [0.4, 0.5) is 0 Å². The van der Waals surface area contributed by atoms with E-state index in [2.05, 4.69) is 10.6 Å². The maximum Gasteiger partial charge on any atom is 0.191 e. The average Bonchev–Trinajstić information content (AvgIpc) is 3.36. The number of halogens is 1.